The SMILES string of the molecule is O=C(N[C@@H](Cc1ccccc1)C(=O)NCc1cccc2ccccc12)c1ccc(O)c(-c2ccc(Cl)c(Cl)c2)c1. The van der Waals surface area contributed by atoms with Crippen molar-refractivity contribution in [2.24, 2.45) is 0 Å². The van der Waals surface area contributed by atoms with E-state index in [0.717, 1.165) is 21.9 Å². The number of carbonyl (C=O) groups excluding carboxylic acids is 2. The maximum atomic E-state index is 13.4. The van der Waals surface area contributed by atoms with Gasteiger partial charge in [-0.25, -0.2) is 0 Å². The number of hydrogen-bond donors (Lipinski definition) is 3. The fourth-order valence-electron chi connectivity index (χ4n) is 4.62. The molecule has 0 radical (unpaired) electrons. The van der Waals surface area contributed by atoms with Crippen molar-refractivity contribution < 1.29 is 14.7 Å². The Morgan fingerprint density at radius 1 is 0.775 bits per heavy atom. The molecule has 1 atom stereocenters. The van der Waals surface area contributed by atoms with Crippen molar-refractivity contribution in [1.82, 2.24) is 10.6 Å². The van der Waals surface area contributed by atoms with Gasteiger partial charge >= 0.3 is 0 Å². The first-order chi connectivity index (χ1) is 19.4. The van der Waals surface area contributed by atoms with E-state index in [1.165, 1.54) is 12.1 Å². The van der Waals surface area contributed by atoms with Crippen LogP contribution < -0.4 is 10.6 Å². The Labute approximate surface area is 242 Å². The molecule has 0 unspecified atom stereocenters. The van der Waals surface area contributed by atoms with Crippen molar-refractivity contribution >= 4 is 45.8 Å². The molecule has 0 bridgehead atoms. The summed E-state index contributed by atoms with van der Waals surface area (Å²) in [5, 5.41) is 19.2. The van der Waals surface area contributed by atoms with Crippen molar-refractivity contribution in [3.63, 3.8) is 0 Å². The number of nitrogens with one attached hydrogen (secondary N) is 2. The summed E-state index contributed by atoms with van der Waals surface area (Å²) >= 11 is 12.2. The zero-order valence-corrected chi connectivity index (χ0v) is 22.9. The van der Waals surface area contributed by atoms with E-state index in [9.17, 15) is 14.7 Å². The summed E-state index contributed by atoms with van der Waals surface area (Å²) in [6, 6.07) is 32.2. The van der Waals surface area contributed by atoms with Crippen molar-refractivity contribution in [2.75, 3.05) is 0 Å². The van der Waals surface area contributed by atoms with Gasteiger partial charge in [0, 0.05) is 24.1 Å². The van der Waals surface area contributed by atoms with Gasteiger partial charge in [0.25, 0.3) is 5.91 Å². The molecular weight excluding hydrogens is 543 g/mol. The molecule has 2 amide bonds. The van der Waals surface area contributed by atoms with Crippen LogP contribution >= 0.6 is 23.2 Å². The highest BCUT2D eigenvalue weighted by molar-refractivity contribution is 6.42. The predicted molar refractivity (Wildman–Crippen MR) is 161 cm³/mol. The van der Waals surface area contributed by atoms with Gasteiger partial charge in [-0.2, -0.15) is 0 Å². The summed E-state index contributed by atoms with van der Waals surface area (Å²) < 4.78 is 0. The normalized spacial score (nSPS) is 11.7. The van der Waals surface area contributed by atoms with Crippen molar-refractivity contribution in [3.8, 4) is 16.9 Å². The maximum Gasteiger partial charge on any atom is 0.251 e. The number of halogens is 2. The molecule has 0 heterocycles. The highest BCUT2D eigenvalue weighted by Gasteiger charge is 2.23. The van der Waals surface area contributed by atoms with Crippen LogP contribution in [-0.2, 0) is 17.8 Å². The van der Waals surface area contributed by atoms with Crippen LogP contribution in [0.15, 0.2) is 109 Å². The maximum absolute atomic E-state index is 13.4. The van der Waals surface area contributed by atoms with Gasteiger partial charge in [-0.05, 0) is 57.8 Å². The Hall–Kier alpha value is -4.32. The number of fused-ring (bicyclic) bond motifs is 1. The van der Waals surface area contributed by atoms with Crippen LogP contribution in [0.4, 0.5) is 0 Å². The molecule has 5 rings (SSSR count). The predicted octanol–water partition coefficient (Wildman–Crippen LogP) is 7.18. The number of aromatic hydroxyl groups is 1. The molecule has 0 saturated carbocycles. The summed E-state index contributed by atoms with van der Waals surface area (Å²) in [5.41, 5.74) is 3.22. The first-order valence-corrected chi connectivity index (χ1v) is 13.5. The van der Waals surface area contributed by atoms with Crippen molar-refractivity contribution in [3.05, 3.63) is 136 Å². The lowest BCUT2D eigenvalue weighted by Gasteiger charge is -2.20. The van der Waals surface area contributed by atoms with Gasteiger partial charge in [-0.1, -0.05) is 102 Å². The lowest BCUT2D eigenvalue weighted by molar-refractivity contribution is -0.123. The summed E-state index contributed by atoms with van der Waals surface area (Å²) in [4.78, 5) is 26.8. The topological polar surface area (TPSA) is 78.4 Å². The van der Waals surface area contributed by atoms with E-state index in [0.29, 0.717) is 39.7 Å². The molecule has 7 heteroatoms. The van der Waals surface area contributed by atoms with Crippen LogP contribution in [-0.4, -0.2) is 23.0 Å². The minimum absolute atomic E-state index is 0.0106. The molecule has 5 aromatic carbocycles. The van der Waals surface area contributed by atoms with Gasteiger partial charge in [-0.3, -0.25) is 9.59 Å². The number of hydrogen-bond acceptors (Lipinski definition) is 3. The average Bonchev–Trinajstić information content (AvgIpc) is 2.97. The largest absolute Gasteiger partial charge is 0.507 e. The number of amides is 2. The number of benzene rings is 5. The summed E-state index contributed by atoms with van der Waals surface area (Å²) in [5.74, 6) is -0.750. The van der Waals surface area contributed by atoms with Gasteiger partial charge in [0.2, 0.25) is 5.91 Å². The van der Waals surface area contributed by atoms with Crippen LogP contribution in [0.1, 0.15) is 21.5 Å². The number of phenolic OH excluding ortho intramolecular Hbond substituents is 1. The zero-order valence-electron chi connectivity index (χ0n) is 21.4. The first kappa shape index (κ1) is 27.3. The van der Waals surface area contributed by atoms with Crippen LogP contribution in [0.3, 0.4) is 0 Å². The third-order valence-corrected chi connectivity index (χ3v) is 7.47. The van der Waals surface area contributed by atoms with Gasteiger partial charge in [0.1, 0.15) is 11.8 Å². The van der Waals surface area contributed by atoms with Crippen molar-refractivity contribution in [2.45, 2.75) is 19.0 Å². The van der Waals surface area contributed by atoms with E-state index in [4.69, 9.17) is 23.2 Å². The van der Waals surface area contributed by atoms with Crippen molar-refractivity contribution in [1.29, 1.82) is 0 Å². The molecule has 3 N–H and O–H groups in total. The molecule has 5 nitrogen and oxygen atoms in total. The molecule has 0 fully saturated rings. The fourth-order valence-corrected chi connectivity index (χ4v) is 4.92. The minimum atomic E-state index is -0.827. The third kappa shape index (κ3) is 6.28. The third-order valence-electron chi connectivity index (χ3n) is 6.73. The molecule has 0 spiro atoms. The van der Waals surface area contributed by atoms with Crippen LogP contribution in [0.25, 0.3) is 21.9 Å². The molecule has 200 valence electrons. The van der Waals surface area contributed by atoms with Crippen LogP contribution in [0, 0.1) is 0 Å². The zero-order chi connectivity index (χ0) is 28.1. The average molecular weight is 569 g/mol. The Kier molecular flexibility index (Phi) is 8.34. The molecular formula is C33H26Cl2N2O3. The Balaban J connectivity index is 1.37. The van der Waals surface area contributed by atoms with Gasteiger partial charge < -0.3 is 15.7 Å². The Morgan fingerprint density at radius 2 is 1.52 bits per heavy atom. The monoisotopic (exact) mass is 568 g/mol. The van der Waals surface area contributed by atoms with Crippen LogP contribution in [0.2, 0.25) is 10.0 Å². The van der Waals surface area contributed by atoms with E-state index in [1.807, 2.05) is 72.8 Å². The quantitative estimate of drug-likeness (QED) is 0.185. The Bertz CT molecular complexity index is 1680. The summed E-state index contributed by atoms with van der Waals surface area (Å²) in [7, 11) is 0. The molecule has 0 aliphatic rings. The second-order valence-electron chi connectivity index (χ2n) is 9.43. The molecule has 0 aliphatic heterocycles. The molecule has 0 aromatic heterocycles. The molecule has 0 aliphatic carbocycles. The second kappa shape index (κ2) is 12.2. The molecule has 0 saturated heterocycles. The number of rotatable bonds is 8. The number of carbonyl (C=O) groups is 2. The summed E-state index contributed by atoms with van der Waals surface area (Å²) in [6.45, 7) is 0.321. The molecule has 40 heavy (non-hydrogen) atoms. The van der Waals surface area contributed by atoms with E-state index in [1.54, 1.807) is 24.3 Å². The lowest BCUT2D eigenvalue weighted by Crippen LogP contribution is -2.47. The van der Waals surface area contributed by atoms with Gasteiger partial charge in [0.15, 0.2) is 0 Å². The smallest absolute Gasteiger partial charge is 0.251 e. The lowest BCUT2D eigenvalue weighted by atomic mass is 10.0. The first-order valence-electron chi connectivity index (χ1n) is 12.8. The van der Waals surface area contributed by atoms with Gasteiger partial charge in [0.05, 0.1) is 10.0 Å². The van der Waals surface area contributed by atoms with Crippen LogP contribution in [0.5, 0.6) is 5.75 Å². The highest BCUT2D eigenvalue weighted by atomic mass is 35.5. The summed E-state index contributed by atoms with van der Waals surface area (Å²) in [6.07, 6.45) is 0.311. The van der Waals surface area contributed by atoms with E-state index in [2.05, 4.69) is 10.6 Å². The molecule has 5 aromatic rings. The highest BCUT2D eigenvalue weighted by Crippen LogP contribution is 2.34. The Morgan fingerprint density at radius 3 is 2.33 bits per heavy atom. The minimum Gasteiger partial charge on any atom is -0.507 e. The van der Waals surface area contributed by atoms with E-state index >= 15 is 0 Å². The fraction of sp³-hybridized carbons (Fsp3) is 0.0909. The standard InChI is InChI=1S/C33H26Cl2N2O3/c34-28-15-13-23(19-29(28)35)27-18-24(14-16-31(27)38)32(39)37-30(17-21-7-2-1-3-8-21)33(40)36-20-25-11-6-10-22-9-4-5-12-26(22)25/h1-16,18-19,30,38H,17,20H2,(H,36,40)(H,37,39)/t30-/m0/s1. The number of phenols is 1. The van der Waals surface area contributed by atoms with E-state index in [-0.39, 0.29) is 11.7 Å². The van der Waals surface area contributed by atoms with E-state index < -0.39 is 11.9 Å². The van der Waals surface area contributed by atoms with Gasteiger partial charge in [-0.15, -0.1) is 0 Å². The second-order valence-corrected chi connectivity index (χ2v) is 10.2.